The van der Waals surface area contributed by atoms with Crippen molar-refractivity contribution < 1.29 is 32.9 Å². The zero-order valence-corrected chi connectivity index (χ0v) is 33.2. The predicted molar refractivity (Wildman–Crippen MR) is 218 cm³/mol. The van der Waals surface area contributed by atoms with Crippen LogP contribution in [0.4, 0.5) is 26.1 Å². The molecule has 3 fully saturated rings. The maximum Gasteiger partial charge on any atom is 0.318 e. The van der Waals surface area contributed by atoms with Gasteiger partial charge in [0.2, 0.25) is 5.91 Å². The third-order valence-electron chi connectivity index (χ3n) is 12.0. The second kappa shape index (κ2) is 15.9. The van der Waals surface area contributed by atoms with Crippen LogP contribution in [0.3, 0.4) is 0 Å². The van der Waals surface area contributed by atoms with E-state index in [1.54, 1.807) is 24.4 Å². The minimum absolute atomic E-state index is 0.0196. The van der Waals surface area contributed by atoms with Crippen LogP contribution in [0.15, 0.2) is 55.3 Å². The molecular formula is C44H49F2N7O5. The number of aromatic hydroxyl groups is 1. The van der Waals surface area contributed by atoms with Crippen molar-refractivity contribution in [2.75, 3.05) is 74.4 Å². The van der Waals surface area contributed by atoms with Crippen LogP contribution in [0.2, 0.25) is 0 Å². The summed E-state index contributed by atoms with van der Waals surface area (Å²) in [5.74, 6) is 3.31. The van der Waals surface area contributed by atoms with Crippen molar-refractivity contribution >= 4 is 34.0 Å². The number of nitrogens with zero attached hydrogens (tertiary/aromatic N) is 7. The molecular weight excluding hydrogens is 745 g/mol. The summed E-state index contributed by atoms with van der Waals surface area (Å²) in [6.45, 7) is 11.3. The Morgan fingerprint density at radius 1 is 1.22 bits per heavy atom. The smallest absolute Gasteiger partial charge is 0.318 e. The van der Waals surface area contributed by atoms with Crippen LogP contribution in [0.1, 0.15) is 55.8 Å². The number of hydrogen-bond donors (Lipinski definition) is 1. The lowest BCUT2D eigenvalue weighted by Crippen LogP contribution is -2.46. The van der Waals surface area contributed by atoms with Crippen molar-refractivity contribution in [3.05, 3.63) is 77.9 Å². The first-order valence-electron chi connectivity index (χ1n) is 19.9. The summed E-state index contributed by atoms with van der Waals surface area (Å²) in [7, 11) is 1.89. The van der Waals surface area contributed by atoms with Gasteiger partial charge in [0.15, 0.2) is 11.6 Å². The summed E-state index contributed by atoms with van der Waals surface area (Å²) >= 11 is 0. The maximum atomic E-state index is 15.3. The summed E-state index contributed by atoms with van der Waals surface area (Å²) in [5, 5.41) is 11.9. The van der Waals surface area contributed by atoms with Crippen LogP contribution in [0.25, 0.3) is 10.8 Å². The number of phenols is 1. The number of phenolic OH excluding ortho intramolecular Hbond substituents is 1. The molecule has 8 rings (SSSR count). The predicted octanol–water partition coefficient (Wildman–Crippen LogP) is 5.79. The number of anilines is 3. The lowest BCUT2D eigenvalue weighted by molar-refractivity contribution is -0.126. The number of carbonyl (C=O) groups excluding carboxylic acids is 1. The number of fused-ring (bicyclic) bond motifs is 2. The lowest BCUT2D eigenvalue weighted by atomic mass is 9.87. The van der Waals surface area contributed by atoms with Gasteiger partial charge in [-0.15, -0.1) is 6.42 Å². The molecule has 4 aliphatic rings. The van der Waals surface area contributed by atoms with Crippen LogP contribution in [0.5, 0.6) is 17.5 Å². The lowest BCUT2D eigenvalue weighted by Gasteiger charge is -2.37. The molecule has 3 saturated heterocycles. The minimum Gasteiger partial charge on any atom is -0.508 e. The van der Waals surface area contributed by atoms with E-state index in [9.17, 15) is 9.90 Å². The standard InChI is InChI=1S/C44H49F2N7O5/c1-6-34-36(46)12-10-28-17-33(54)19-35(40(28)34)29-18-37-41(57-25-29)42(50(5)23-32-9-8-14-52(32)39(55)7-2)49-43(48-37)58-26-44(4)20-30(45)22-53(44)31-11-13-38(47-21-31)51-15-16-56-24-27(51)3/h1,7,10-13,17,19,21,27,29-30,32,54H,2,8-9,14-16,18,20,22-26H2,3-5H3/t27-,29+,30-,32+,44+/m1/s1. The van der Waals surface area contributed by atoms with Gasteiger partial charge in [-0.3, -0.25) is 4.79 Å². The molecule has 14 heteroatoms. The van der Waals surface area contributed by atoms with Crippen LogP contribution in [0, 0.1) is 18.2 Å². The van der Waals surface area contributed by atoms with Crippen LogP contribution < -0.4 is 24.2 Å². The van der Waals surface area contributed by atoms with Crippen molar-refractivity contribution in [3.8, 4) is 29.9 Å². The molecule has 0 aliphatic carbocycles. The van der Waals surface area contributed by atoms with Crippen LogP contribution >= 0.6 is 0 Å². The topological polar surface area (TPSA) is 117 Å². The fourth-order valence-electron chi connectivity index (χ4n) is 9.12. The van der Waals surface area contributed by atoms with Gasteiger partial charge in [0.05, 0.1) is 61.1 Å². The fourth-order valence-corrected chi connectivity index (χ4v) is 9.12. The molecule has 4 aromatic rings. The third-order valence-corrected chi connectivity index (χ3v) is 12.0. The molecule has 12 nitrogen and oxygen atoms in total. The van der Waals surface area contributed by atoms with E-state index in [0.717, 1.165) is 30.9 Å². The molecule has 58 heavy (non-hydrogen) atoms. The van der Waals surface area contributed by atoms with E-state index in [-0.39, 0.29) is 67.4 Å². The summed E-state index contributed by atoms with van der Waals surface area (Å²) < 4.78 is 48.9. The number of halogens is 2. The molecule has 2 aromatic heterocycles. The monoisotopic (exact) mass is 793 g/mol. The Morgan fingerprint density at radius 2 is 2.07 bits per heavy atom. The number of likely N-dealkylation sites (N-methyl/N-ethyl adjacent to an activating group) is 1. The van der Waals surface area contributed by atoms with Crippen molar-refractivity contribution in [2.45, 2.75) is 69.2 Å². The molecule has 5 atom stereocenters. The fraction of sp³-hybridized carbons (Fsp3) is 0.455. The number of ether oxygens (including phenoxy) is 3. The average Bonchev–Trinajstić information content (AvgIpc) is 3.81. The number of carbonyl (C=O) groups is 1. The van der Waals surface area contributed by atoms with Crippen molar-refractivity contribution in [1.82, 2.24) is 19.9 Å². The minimum atomic E-state index is -1.09. The Hall–Kier alpha value is -5.68. The summed E-state index contributed by atoms with van der Waals surface area (Å²) in [5.41, 5.74) is 1.33. The normalized spacial score (nSPS) is 24.3. The summed E-state index contributed by atoms with van der Waals surface area (Å²) in [6, 6.07) is 10.2. The molecule has 4 aliphatic heterocycles. The Labute approximate surface area is 337 Å². The first kappa shape index (κ1) is 39.2. The Kier molecular flexibility index (Phi) is 10.8. The van der Waals surface area contributed by atoms with Crippen molar-refractivity contribution in [2.24, 2.45) is 0 Å². The van der Waals surface area contributed by atoms with E-state index in [0.29, 0.717) is 66.3 Å². The first-order chi connectivity index (χ1) is 28.0. The first-order valence-corrected chi connectivity index (χ1v) is 19.9. The molecule has 2 aromatic carbocycles. The highest BCUT2D eigenvalue weighted by Crippen LogP contribution is 2.43. The van der Waals surface area contributed by atoms with Gasteiger partial charge in [-0.1, -0.05) is 18.6 Å². The van der Waals surface area contributed by atoms with E-state index in [1.807, 2.05) is 40.8 Å². The highest BCUT2D eigenvalue weighted by molar-refractivity contribution is 5.93. The Balaban J connectivity index is 1.11. The van der Waals surface area contributed by atoms with Crippen molar-refractivity contribution in [1.29, 1.82) is 0 Å². The van der Waals surface area contributed by atoms with Gasteiger partial charge in [0.1, 0.15) is 30.2 Å². The quantitative estimate of drug-likeness (QED) is 0.155. The van der Waals surface area contributed by atoms with Gasteiger partial charge >= 0.3 is 6.01 Å². The average molecular weight is 794 g/mol. The summed E-state index contributed by atoms with van der Waals surface area (Å²) in [4.78, 5) is 35.2. The van der Waals surface area contributed by atoms with Crippen molar-refractivity contribution in [3.63, 3.8) is 0 Å². The van der Waals surface area contributed by atoms with E-state index in [1.165, 1.54) is 12.1 Å². The zero-order chi connectivity index (χ0) is 40.7. The van der Waals surface area contributed by atoms with Gasteiger partial charge in [-0.05, 0) is 74.0 Å². The second-order valence-electron chi connectivity index (χ2n) is 16.1. The highest BCUT2D eigenvalue weighted by atomic mass is 19.1. The van der Waals surface area contributed by atoms with Gasteiger partial charge < -0.3 is 38.9 Å². The van der Waals surface area contributed by atoms with Gasteiger partial charge in [-0.25, -0.2) is 13.8 Å². The number of amides is 1. The van der Waals surface area contributed by atoms with E-state index in [4.69, 9.17) is 35.6 Å². The van der Waals surface area contributed by atoms with Gasteiger partial charge in [0.25, 0.3) is 0 Å². The highest BCUT2D eigenvalue weighted by Gasteiger charge is 2.44. The molecule has 0 unspecified atom stereocenters. The van der Waals surface area contributed by atoms with E-state index >= 15 is 8.78 Å². The maximum absolute atomic E-state index is 15.3. The molecule has 0 spiro atoms. The number of benzene rings is 2. The molecule has 1 amide bonds. The number of hydrogen-bond acceptors (Lipinski definition) is 11. The summed E-state index contributed by atoms with van der Waals surface area (Å²) in [6.07, 6.45) is 10.1. The zero-order valence-electron chi connectivity index (χ0n) is 33.2. The number of likely N-dealkylation sites (tertiary alicyclic amines) is 1. The van der Waals surface area contributed by atoms with Gasteiger partial charge in [0, 0.05) is 56.9 Å². The van der Waals surface area contributed by atoms with E-state index in [2.05, 4.69) is 24.3 Å². The van der Waals surface area contributed by atoms with Crippen LogP contribution in [-0.2, 0) is 16.0 Å². The van der Waals surface area contributed by atoms with Gasteiger partial charge in [-0.2, -0.15) is 9.97 Å². The third kappa shape index (κ3) is 7.43. The Morgan fingerprint density at radius 3 is 2.83 bits per heavy atom. The number of rotatable bonds is 10. The number of terminal acetylenes is 1. The molecule has 304 valence electrons. The van der Waals surface area contributed by atoms with Crippen LogP contribution in [-0.4, -0.2) is 114 Å². The van der Waals surface area contributed by atoms with E-state index < -0.39 is 17.5 Å². The second-order valence-corrected chi connectivity index (χ2v) is 16.1. The number of alkyl halides is 1. The molecule has 1 N–H and O–H groups in total. The number of aromatic nitrogens is 3. The SMILES string of the molecule is C#Cc1c(F)ccc2cc(O)cc([C@@H]3COc4c(nc(OC[C@]5(C)C[C@@H](F)CN5c5ccc(N6CCOC[C@H]6C)nc5)nc4N(C)C[C@@H]4CCCN4C(=O)C=C)C3)c12. The molecule has 6 heterocycles. The molecule has 0 saturated carbocycles. The largest absolute Gasteiger partial charge is 0.508 e. The number of pyridine rings is 1. The molecule has 0 bridgehead atoms. The molecule has 0 radical (unpaired) electrons. The number of morpholine rings is 1. The Bertz CT molecular complexity index is 2250.